The van der Waals surface area contributed by atoms with Gasteiger partial charge in [0.2, 0.25) is 5.91 Å². The minimum Gasteiger partial charge on any atom is -0.369 e. The number of primary amides is 1. The third-order valence-electron chi connectivity index (χ3n) is 3.29. The van der Waals surface area contributed by atoms with E-state index in [0.717, 1.165) is 19.8 Å². The Morgan fingerprint density at radius 1 is 1.47 bits per heavy atom. The van der Waals surface area contributed by atoms with Crippen molar-refractivity contribution in [3.8, 4) is 0 Å². The summed E-state index contributed by atoms with van der Waals surface area (Å²) >= 11 is 0. The summed E-state index contributed by atoms with van der Waals surface area (Å²) in [6, 6.07) is 0.299. The highest BCUT2D eigenvalue weighted by Crippen LogP contribution is 2.25. The molecule has 7 heteroatoms. The summed E-state index contributed by atoms with van der Waals surface area (Å²) in [7, 11) is 0. The Hall–Kier alpha value is -0.820. The van der Waals surface area contributed by atoms with E-state index in [1.54, 1.807) is 6.92 Å². The first kappa shape index (κ1) is 16.2. The molecule has 3 N–H and O–H groups in total. The average molecular weight is 282 g/mol. The first-order valence-electron chi connectivity index (χ1n) is 6.41. The second-order valence-electron chi connectivity index (χ2n) is 5.27. The summed E-state index contributed by atoms with van der Waals surface area (Å²) in [6.45, 7) is 2.60. The van der Waals surface area contributed by atoms with Crippen molar-refractivity contribution in [3.05, 3.63) is 0 Å². The number of ether oxygens (including phenoxy) is 1. The molecule has 2 unspecified atom stereocenters. The van der Waals surface area contributed by atoms with Crippen molar-refractivity contribution in [2.24, 2.45) is 5.73 Å². The molecular weight excluding hydrogens is 261 g/mol. The Balaban J connectivity index is 2.30. The molecule has 0 heterocycles. The molecule has 0 saturated heterocycles. The Labute approximate surface area is 110 Å². The standard InChI is InChI=1S/C12H21F3N2O2/c1-8(12(13,14)15)19-7-3-6-11(2,10(16)18)17-9-4-5-9/h8-9,17H,3-7H2,1-2H3,(H2,16,18). The van der Waals surface area contributed by atoms with Crippen molar-refractivity contribution in [1.82, 2.24) is 5.32 Å². The lowest BCUT2D eigenvalue weighted by molar-refractivity contribution is -0.214. The zero-order chi connectivity index (χ0) is 14.7. The van der Waals surface area contributed by atoms with E-state index in [9.17, 15) is 18.0 Å². The highest BCUT2D eigenvalue weighted by molar-refractivity contribution is 5.84. The van der Waals surface area contributed by atoms with Crippen LogP contribution in [-0.2, 0) is 9.53 Å². The first-order chi connectivity index (χ1) is 8.65. The molecule has 1 aliphatic carbocycles. The molecule has 1 aliphatic rings. The predicted octanol–water partition coefficient (Wildman–Crippen LogP) is 1.73. The predicted molar refractivity (Wildman–Crippen MR) is 64.5 cm³/mol. The third-order valence-corrected chi connectivity index (χ3v) is 3.29. The highest BCUT2D eigenvalue weighted by atomic mass is 19.4. The van der Waals surface area contributed by atoms with E-state index in [4.69, 9.17) is 10.5 Å². The molecule has 1 fully saturated rings. The second-order valence-corrected chi connectivity index (χ2v) is 5.27. The van der Waals surface area contributed by atoms with Gasteiger partial charge in [-0.2, -0.15) is 13.2 Å². The van der Waals surface area contributed by atoms with E-state index in [2.05, 4.69) is 5.32 Å². The van der Waals surface area contributed by atoms with Gasteiger partial charge in [0.25, 0.3) is 0 Å². The zero-order valence-corrected chi connectivity index (χ0v) is 11.2. The average Bonchev–Trinajstić information content (AvgIpc) is 3.06. The first-order valence-corrected chi connectivity index (χ1v) is 6.41. The number of nitrogens with two attached hydrogens (primary N) is 1. The fraction of sp³-hybridized carbons (Fsp3) is 0.917. The topological polar surface area (TPSA) is 64.3 Å². The number of carbonyl (C=O) groups is 1. The van der Waals surface area contributed by atoms with Gasteiger partial charge in [-0.05, 0) is 39.5 Å². The highest BCUT2D eigenvalue weighted by Gasteiger charge is 2.38. The summed E-state index contributed by atoms with van der Waals surface area (Å²) in [5.41, 5.74) is 4.47. The maximum atomic E-state index is 12.2. The molecule has 1 amide bonds. The molecule has 1 saturated carbocycles. The van der Waals surface area contributed by atoms with Crippen molar-refractivity contribution >= 4 is 5.91 Å². The quantitative estimate of drug-likeness (QED) is 0.666. The molecule has 0 aromatic rings. The summed E-state index contributed by atoms with van der Waals surface area (Å²) in [5, 5.41) is 3.13. The molecule has 2 atom stereocenters. The number of halogens is 3. The van der Waals surface area contributed by atoms with Crippen LogP contribution >= 0.6 is 0 Å². The molecule has 1 rings (SSSR count). The Morgan fingerprint density at radius 3 is 2.47 bits per heavy atom. The largest absolute Gasteiger partial charge is 0.414 e. The molecule has 0 aliphatic heterocycles. The fourth-order valence-corrected chi connectivity index (χ4v) is 1.73. The lowest BCUT2D eigenvalue weighted by Crippen LogP contribution is -2.54. The number of hydrogen-bond acceptors (Lipinski definition) is 3. The van der Waals surface area contributed by atoms with Crippen LogP contribution in [0, 0.1) is 0 Å². The van der Waals surface area contributed by atoms with Crippen LogP contribution in [0.1, 0.15) is 39.5 Å². The van der Waals surface area contributed by atoms with E-state index >= 15 is 0 Å². The van der Waals surface area contributed by atoms with Gasteiger partial charge >= 0.3 is 6.18 Å². The molecule has 0 bridgehead atoms. The van der Waals surface area contributed by atoms with Gasteiger partial charge in [-0.15, -0.1) is 0 Å². The summed E-state index contributed by atoms with van der Waals surface area (Å²) < 4.78 is 41.3. The molecule has 0 spiro atoms. The van der Waals surface area contributed by atoms with E-state index in [0.29, 0.717) is 18.9 Å². The Bertz CT molecular complexity index is 319. The molecular formula is C12H21F3N2O2. The smallest absolute Gasteiger partial charge is 0.369 e. The van der Waals surface area contributed by atoms with Crippen molar-refractivity contribution < 1.29 is 22.7 Å². The molecule has 0 aromatic heterocycles. The normalized spacial score (nSPS) is 20.9. The maximum absolute atomic E-state index is 12.2. The van der Waals surface area contributed by atoms with E-state index in [-0.39, 0.29) is 6.61 Å². The van der Waals surface area contributed by atoms with Gasteiger partial charge in [0.1, 0.15) is 0 Å². The van der Waals surface area contributed by atoms with Crippen molar-refractivity contribution in [2.45, 2.75) is 63.4 Å². The van der Waals surface area contributed by atoms with Crippen LogP contribution in [0.15, 0.2) is 0 Å². The van der Waals surface area contributed by atoms with Crippen LogP contribution in [0.5, 0.6) is 0 Å². The number of amides is 1. The van der Waals surface area contributed by atoms with E-state index in [1.165, 1.54) is 0 Å². The summed E-state index contributed by atoms with van der Waals surface area (Å²) in [4.78, 5) is 11.4. The van der Waals surface area contributed by atoms with Crippen molar-refractivity contribution in [2.75, 3.05) is 6.61 Å². The minimum atomic E-state index is -4.35. The van der Waals surface area contributed by atoms with Crippen molar-refractivity contribution in [3.63, 3.8) is 0 Å². The van der Waals surface area contributed by atoms with Crippen LogP contribution in [0.2, 0.25) is 0 Å². The van der Waals surface area contributed by atoms with Crippen LogP contribution in [0.3, 0.4) is 0 Å². The lowest BCUT2D eigenvalue weighted by Gasteiger charge is -2.28. The molecule has 19 heavy (non-hydrogen) atoms. The molecule has 0 aromatic carbocycles. The zero-order valence-electron chi connectivity index (χ0n) is 11.2. The number of alkyl halides is 3. The summed E-state index contributed by atoms with van der Waals surface area (Å²) in [5.74, 6) is -0.483. The fourth-order valence-electron chi connectivity index (χ4n) is 1.73. The summed E-state index contributed by atoms with van der Waals surface area (Å²) in [6.07, 6.45) is -3.42. The van der Waals surface area contributed by atoms with E-state index < -0.39 is 23.7 Å². The number of rotatable bonds is 8. The maximum Gasteiger partial charge on any atom is 0.414 e. The van der Waals surface area contributed by atoms with Gasteiger partial charge in [-0.3, -0.25) is 4.79 Å². The lowest BCUT2D eigenvalue weighted by atomic mass is 9.95. The molecule has 0 radical (unpaired) electrons. The number of hydrogen-bond donors (Lipinski definition) is 2. The van der Waals surface area contributed by atoms with Gasteiger partial charge in [0, 0.05) is 12.6 Å². The number of nitrogens with one attached hydrogen (secondary N) is 1. The third kappa shape index (κ3) is 5.36. The number of carbonyl (C=O) groups excluding carboxylic acids is 1. The van der Waals surface area contributed by atoms with Gasteiger partial charge in [-0.25, -0.2) is 0 Å². The van der Waals surface area contributed by atoms with Gasteiger partial charge in [0.05, 0.1) is 5.54 Å². The van der Waals surface area contributed by atoms with Crippen LogP contribution in [0.4, 0.5) is 13.2 Å². The Kier molecular flexibility index (Phi) is 5.20. The Morgan fingerprint density at radius 2 is 2.05 bits per heavy atom. The van der Waals surface area contributed by atoms with Gasteiger partial charge < -0.3 is 15.8 Å². The van der Waals surface area contributed by atoms with Crippen molar-refractivity contribution in [1.29, 1.82) is 0 Å². The molecule has 4 nitrogen and oxygen atoms in total. The van der Waals surface area contributed by atoms with Gasteiger partial charge in [0.15, 0.2) is 6.10 Å². The SMILES string of the molecule is CC(OCCCC(C)(NC1CC1)C(N)=O)C(F)(F)F. The van der Waals surface area contributed by atoms with Crippen LogP contribution < -0.4 is 11.1 Å². The van der Waals surface area contributed by atoms with E-state index in [1.807, 2.05) is 0 Å². The van der Waals surface area contributed by atoms with Gasteiger partial charge in [-0.1, -0.05) is 0 Å². The monoisotopic (exact) mass is 282 g/mol. The van der Waals surface area contributed by atoms with Crippen LogP contribution in [0.25, 0.3) is 0 Å². The minimum absolute atomic E-state index is 0.0457. The molecule has 112 valence electrons. The second kappa shape index (κ2) is 6.09. The van der Waals surface area contributed by atoms with Crippen LogP contribution in [-0.4, -0.2) is 36.4 Å².